The van der Waals surface area contributed by atoms with E-state index in [-0.39, 0.29) is 17.6 Å². The van der Waals surface area contributed by atoms with Gasteiger partial charge in [0.1, 0.15) is 0 Å². The van der Waals surface area contributed by atoms with Gasteiger partial charge in [-0.2, -0.15) is 0 Å². The molecule has 0 bridgehead atoms. The van der Waals surface area contributed by atoms with Crippen molar-refractivity contribution in [2.24, 2.45) is 0 Å². The van der Waals surface area contributed by atoms with Gasteiger partial charge in [-0.15, -0.1) is 0 Å². The molecule has 1 saturated heterocycles. The van der Waals surface area contributed by atoms with Gasteiger partial charge in [0.2, 0.25) is 11.8 Å². The summed E-state index contributed by atoms with van der Waals surface area (Å²) in [6, 6.07) is 4.51. The third-order valence-corrected chi connectivity index (χ3v) is 3.63. The zero-order chi connectivity index (χ0) is 16.1. The van der Waals surface area contributed by atoms with E-state index in [2.05, 4.69) is 0 Å². The van der Waals surface area contributed by atoms with Crippen LogP contribution in [0.4, 0.5) is 4.39 Å². The summed E-state index contributed by atoms with van der Waals surface area (Å²) >= 11 is 0. The van der Waals surface area contributed by atoms with E-state index < -0.39 is 5.82 Å². The Morgan fingerprint density at radius 1 is 1.18 bits per heavy atom. The van der Waals surface area contributed by atoms with Crippen LogP contribution in [0, 0.1) is 5.82 Å². The molecule has 1 aliphatic rings. The molecule has 0 radical (unpaired) electrons. The summed E-state index contributed by atoms with van der Waals surface area (Å²) in [4.78, 5) is 26.7. The van der Waals surface area contributed by atoms with Gasteiger partial charge in [-0.05, 0) is 23.8 Å². The molecule has 2 rings (SSSR count). The Morgan fingerprint density at radius 3 is 2.36 bits per heavy atom. The van der Waals surface area contributed by atoms with Crippen LogP contribution in [-0.4, -0.2) is 54.9 Å². The Hall–Kier alpha value is -2.37. The SMILES string of the molecule is COc1ccc(C=CC(=O)N2CCN(C(C)=O)CC2)cc1F. The first-order valence-corrected chi connectivity index (χ1v) is 7.07. The molecule has 1 aromatic rings. The molecule has 1 aliphatic heterocycles. The summed E-state index contributed by atoms with van der Waals surface area (Å²) < 4.78 is 18.4. The molecule has 1 fully saturated rings. The molecule has 0 aromatic heterocycles. The summed E-state index contributed by atoms with van der Waals surface area (Å²) in [6.07, 6.45) is 2.99. The van der Waals surface area contributed by atoms with Crippen molar-refractivity contribution in [1.29, 1.82) is 0 Å². The van der Waals surface area contributed by atoms with Crippen molar-refractivity contribution >= 4 is 17.9 Å². The van der Waals surface area contributed by atoms with Crippen molar-refractivity contribution < 1.29 is 18.7 Å². The first-order chi connectivity index (χ1) is 10.5. The molecule has 118 valence electrons. The van der Waals surface area contributed by atoms with Crippen molar-refractivity contribution in [2.45, 2.75) is 6.92 Å². The third kappa shape index (κ3) is 3.84. The van der Waals surface area contributed by atoms with Crippen LogP contribution in [0.1, 0.15) is 12.5 Å². The average molecular weight is 306 g/mol. The summed E-state index contributed by atoms with van der Waals surface area (Å²) in [5, 5.41) is 0. The largest absolute Gasteiger partial charge is 0.494 e. The smallest absolute Gasteiger partial charge is 0.246 e. The van der Waals surface area contributed by atoms with Gasteiger partial charge in [0.15, 0.2) is 11.6 Å². The minimum absolute atomic E-state index is 0.0244. The van der Waals surface area contributed by atoms with Crippen LogP contribution in [0.5, 0.6) is 5.75 Å². The Morgan fingerprint density at radius 2 is 1.82 bits per heavy atom. The van der Waals surface area contributed by atoms with Gasteiger partial charge in [0.25, 0.3) is 0 Å². The van der Waals surface area contributed by atoms with E-state index in [9.17, 15) is 14.0 Å². The Labute approximate surface area is 129 Å². The van der Waals surface area contributed by atoms with Crippen LogP contribution in [0.3, 0.4) is 0 Å². The van der Waals surface area contributed by atoms with E-state index in [1.807, 2.05) is 0 Å². The zero-order valence-corrected chi connectivity index (χ0v) is 12.7. The van der Waals surface area contributed by atoms with Crippen molar-refractivity contribution in [3.8, 4) is 5.75 Å². The number of hydrogen-bond acceptors (Lipinski definition) is 3. The maximum atomic E-state index is 13.6. The molecule has 1 heterocycles. The van der Waals surface area contributed by atoms with Gasteiger partial charge in [0, 0.05) is 39.2 Å². The molecule has 2 amide bonds. The fraction of sp³-hybridized carbons (Fsp3) is 0.375. The molecule has 1 aromatic carbocycles. The lowest BCUT2D eigenvalue weighted by molar-refractivity contribution is -0.135. The molecule has 0 spiro atoms. The minimum Gasteiger partial charge on any atom is -0.494 e. The molecule has 0 saturated carbocycles. The summed E-state index contributed by atoms with van der Waals surface area (Å²) in [5.74, 6) is -0.410. The van der Waals surface area contributed by atoms with Gasteiger partial charge in [0.05, 0.1) is 7.11 Å². The van der Waals surface area contributed by atoms with Gasteiger partial charge < -0.3 is 14.5 Å². The quantitative estimate of drug-likeness (QED) is 0.796. The number of carbonyl (C=O) groups is 2. The summed E-state index contributed by atoms with van der Waals surface area (Å²) in [5.41, 5.74) is 0.592. The first kappa shape index (κ1) is 16.0. The number of amides is 2. The standard InChI is InChI=1S/C16H19FN2O3/c1-12(20)18-7-9-19(10-8-18)16(21)6-4-13-3-5-15(22-2)14(17)11-13/h3-6,11H,7-10H2,1-2H3. The lowest BCUT2D eigenvalue weighted by atomic mass is 10.2. The highest BCUT2D eigenvalue weighted by Crippen LogP contribution is 2.18. The maximum Gasteiger partial charge on any atom is 0.246 e. The van der Waals surface area contributed by atoms with Gasteiger partial charge in [-0.1, -0.05) is 6.07 Å². The molecule has 0 N–H and O–H groups in total. The number of rotatable bonds is 3. The molecular formula is C16H19FN2O3. The van der Waals surface area contributed by atoms with E-state index >= 15 is 0 Å². The highest BCUT2D eigenvalue weighted by molar-refractivity contribution is 5.92. The fourth-order valence-corrected chi connectivity index (χ4v) is 2.30. The topological polar surface area (TPSA) is 49.9 Å². The van der Waals surface area contributed by atoms with E-state index in [1.165, 1.54) is 32.2 Å². The predicted octanol–water partition coefficient (Wildman–Crippen LogP) is 1.54. The number of piperazine rings is 1. The Kier molecular flexibility index (Phi) is 5.14. The molecule has 6 heteroatoms. The molecular weight excluding hydrogens is 287 g/mol. The lowest BCUT2D eigenvalue weighted by Gasteiger charge is -2.33. The fourth-order valence-electron chi connectivity index (χ4n) is 2.30. The maximum absolute atomic E-state index is 13.6. The van der Waals surface area contributed by atoms with Crippen LogP contribution in [0.25, 0.3) is 6.08 Å². The van der Waals surface area contributed by atoms with Gasteiger partial charge in [-0.25, -0.2) is 4.39 Å². The van der Waals surface area contributed by atoms with E-state index in [0.717, 1.165) is 0 Å². The lowest BCUT2D eigenvalue weighted by Crippen LogP contribution is -2.49. The van der Waals surface area contributed by atoms with E-state index in [1.54, 1.807) is 21.9 Å². The average Bonchev–Trinajstić information content (AvgIpc) is 2.52. The second-order valence-electron chi connectivity index (χ2n) is 5.06. The monoisotopic (exact) mass is 306 g/mol. The number of ether oxygens (including phenoxy) is 1. The van der Waals surface area contributed by atoms with E-state index in [4.69, 9.17) is 4.74 Å². The second-order valence-corrected chi connectivity index (χ2v) is 5.06. The number of methoxy groups -OCH3 is 1. The molecule has 5 nitrogen and oxygen atoms in total. The second kappa shape index (κ2) is 7.06. The van der Waals surface area contributed by atoms with E-state index in [0.29, 0.717) is 31.7 Å². The van der Waals surface area contributed by atoms with Crippen LogP contribution in [0.15, 0.2) is 24.3 Å². The van der Waals surface area contributed by atoms with Crippen molar-refractivity contribution in [2.75, 3.05) is 33.3 Å². The van der Waals surface area contributed by atoms with Crippen molar-refractivity contribution in [3.05, 3.63) is 35.7 Å². The number of benzene rings is 1. The highest BCUT2D eigenvalue weighted by Gasteiger charge is 2.20. The van der Waals surface area contributed by atoms with Crippen molar-refractivity contribution in [1.82, 2.24) is 9.80 Å². The number of halogens is 1. The van der Waals surface area contributed by atoms with Crippen LogP contribution in [-0.2, 0) is 9.59 Å². The molecule has 0 atom stereocenters. The van der Waals surface area contributed by atoms with Crippen molar-refractivity contribution in [3.63, 3.8) is 0 Å². The predicted molar refractivity (Wildman–Crippen MR) is 80.8 cm³/mol. The molecule has 0 aliphatic carbocycles. The summed E-state index contributed by atoms with van der Waals surface area (Å²) in [6.45, 7) is 3.65. The normalized spacial score (nSPS) is 15.2. The Bertz CT molecular complexity index is 593. The highest BCUT2D eigenvalue weighted by atomic mass is 19.1. The molecule has 0 unspecified atom stereocenters. The number of carbonyl (C=O) groups excluding carboxylic acids is 2. The first-order valence-electron chi connectivity index (χ1n) is 7.07. The Balaban J connectivity index is 1.94. The zero-order valence-electron chi connectivity index (χ0n) is 12.7. The molecule has 22 heavy (non-hydrogen) atoms. The third-order valence-electron chi connectivity index (χ3n) is 3.63. The number of hydrogen-bond donors (Lipinski definition) is 0. The minimum atomic E-state index is -0.466. The van der Waals surface area contributed by atoms with Crippen LogP contribution < -0.4 is 4.74 Å². The van der Waals surface area contributed by atoms with Crippen LogP contribution >= 0.6 is 0 Å². The van der Waals surface area contributed by atoms with Gasteiger partial charge in [-0.3, -0.25) is 9.59 Å². The van der Waals surface area contributed by atoms with Crippen LogP contribution in [0.2, 0.25) is 0 Å². The van der Waals surface area contributed by atoms with Gasteiger partial charge >= 0.3 is 0 Å². The number of nitrogens with zero attached hydrogens (tertiary/aromatic N) is 2. The summed E-state index contributed by atoms with van der Waals surface area (Å²) in [7, 11) is 1.40.